The lowest BCUT2D eigenvalue weighted by Gasteiger charge is -2.36. The number of ketones is 1. The summed E-state index contributed by atoms with van der Waals surface area (Å²) >= 11 is 0. The molecule has 1 saturated carbocycles. The Bertz CT molecular complexity index is 201. The topological polar surface area (TPSA) is 49.3 Å². The van der Waals surface area contributed by atoms with Gasteiger partial charge in [0.1, 0.15) is 5.78 Å². The highest BCUT2D eigenvalue weighted by Gasteiger charge is 2.37. The average Bonchev–Trinajstić information content (AvgIpc) is 2.03. The summed E-state index contributed by atoms with van der Waals surface area (Å²) in [6.45, 7) is 5.84. The van der Waals surface area contributed by atoms with Gasteiger partial charge < -0.3 is 5.21 Å². The Labute approximate surface area is 79.5 Å². The van der Waals surface area contributed by atoms with E-state index in [-0.39, 0.29) is 11.7 Å². The van der Waals surface area contributed by atoms with Gasteiger partial charge in [-0.1, -0.05) is 6.92 Å². The van der Waals surface area contributed by atoms with Gasteiger partial charge in [-0.3, -0.25) is 4.79 Å². The molecule has 1 rings (SSSR count). The van der Waals surface area contributed by atoms with E-state index in [1.165, 1.54) is 0 Å². The van der Waals surface area contributed by atoms with Gasteiger partial charge in [0.2, 0.25) is 0 Å². The summed E-state index contributed by atoms with van der Waals surface area (Å²) in [4.78, 5) is 11.7. The number of hydrogen-bond acceptors (Lipinski definition) is 3. The first-order valence-corrected chi connectivity index (χ1v) is 4.91. The van der Waals surface area contributed by atoms with E-state index < -0.39 is 5.54 Å². The standard InChI is InChI=1S/C10H19NO2/c1-7-4-5-8(9(12)6-7)10(2,3)11-13/h7-8,11,13H,4-6H2,1-3H3/t7-,8-/m1/s1. The van der Waals surface area contributed by atoms with Crippen LogP contribution in [0, 0.1) is 11.8 Å². The van der Waals surface area contributed by atoms with Gasteiger partial charge in [-0.2, -0.15) is 5.48 Å². The fraction of sp³-hybridized carbons (Fsp3) is 0.900. The highest BCUT2D eigenvalue weighted by atomic mass is 16.5. The van der Waals surface area contributed by atoms with Crippen molar-refractivity contribution in [3.05, 3.63) is 0 Å². The van der Waals surface area contributed by atoms with Crippen LogP contribution in [-0.2, 0) is 4.79 Å². The second kappa shape index (κ2) is 3.76. The van der Waals surface area contributed by atoms with Crippen LogP contribution >= 0.6 is 0 Å². The number of hydrogen-bond donors (Lipinski definition) is 2. The summed E-state index contributed by atoms with van der Waals surface area (Å²) in [5, 5.41) is 8.93. The lowest BCUT2D eigenvalue weighted by atomic mass is 9.73. The lowest BCUT2D eigenvalue weighted by molar-refractivity contribution is -0.130. The van der Waals surface area contributed by atoms with Gasteiger partial charge in [0.15, 0.2) is 0 Å². The van der Waals surface area contributed by atoms with Gasteiger partial charge in [-0.15, -0.1) is 0 Å². The van der Waals surface area contributed by atoms with Crippen LogP contribution in [0.5, 0.6) is 0 Å². The van der Waals surface area contributed by atoms with Crippen LogP contribution in [0.2, 0.25) is 0 Å². The minimum absolute atomic E-state index is 0.0336. The molecule has 0 spiro atoms. The van der Waals surface area contributed by atoms with Crippen molar-refractivity contribution in [2.45, 2.75) is 45.6 Å². The molecule has 0 aliphatic heterocycles. The largest absolute Gasteiger partial charge is 0.316 e. The lowest BCUT2D eigenvalue weighted by Crippen LogP contribution is -2.49. The number of carbonyl (C=O) groups excluding carboxylic acids is 1. The third-order valence-electron chi connectivity index (χ3n) is 3.05. The van der Waals surface area contributed by atoms with Crippen LogP contribution in [0.3, 0.4) is 0 Å². The Morgan fingerprint density at radius 3 is 2.54 bits per heavy atom. The highest BCUT2D eigenvalue weighted by Crippen LogP contribution is 2.32. The van der Waals surface area contributed by atoms with Crippen LogP contribution in [-0.4, -0.2) is 16.5 Å². The molecule has 0 aromatic rings. The van der Waals surface area contributed by atoms with Gasteiger partial charge in [0, 0.05) is 17.9 Å². The molecule has 0 aromatic heterocycles. The molecule has 0 aromatic carbocycles. The van der Waals surface area contributed by atoms with Crippen molar-refractivity contribution in [2.24, 2.45) is 11.8 Å². The summed E-state index contributed by atoms with van der Waals surface area (Å²) in [7, 11) is 0. The molecule has 3 heteroatoms. The summed E-state index contributed by atoms with van der Waals surface area (Å²) in [6.07, 6.45) is 2.64. The second-order valence-electron chi connectivity index (χ2n) is 4.74. The van der Waals surface area contributed by atoms with E-state index >= 15 is 0 Å². The van der Waals surface area contributed by atoms with E-state index in [9.17, 15) is 4.79 Å². The van der Waals surface area contributed by atoms with Crippen molar-refractivity contribution in [2.75, 3.05) is 0 Å². The van der Waals surface area contributed by atoms with Crippen LogP contribution < -0.4 is 5.48 Å². The molecule has 76 valence electrons. The zero-order valence-corrected chi connectivity index (χ0v) is 8.63. The van der Waals surface area contributed by atoms with Gasteiger partial charge in [-0.25, -0.2) is 0 Å². The van der Waals surface area contributed by atoms with Gasteiger partial charge in [0.05, 0.1) is 0 Å². The second-order valence-corrected chi connectivity index (χ2v) is 4.74. The average molecular weight is 185 g/mol. The monoisotopic (exact) mass is 185 g/mol. The van der Waals surface area contributed by atoms with Crippen molar-refractivity contribution in [1.29, 1.82) is 0 Å². The van der Waals surface area contributed by atoms with Gasteiger partial charge in [0.25, 0.3) is 0 Å². The predicted molar refractivity (Wildman–Crippen MR) is 50.5 cm³/mol. The van der Waals surface area contributed by atoms with E-state index in [0.717, 1.165) is 12.8 Å². The molecule has 1 aliphatic rings. The Balaban J connectivity index is 2.66. The van der Waals surface area contributed by atoms with Crippen LogP contribution in [0.4, 0.5) is 0 Å². The first kappa shape index (κ1) is 10.7. The molecular weight excluding hydrogens is 166 g/mol. The quantitative estimate of drug-likeness (QED) is 0.644. The molecule has 13 heavy (non-hydrogen) atoms. The van der Waals surface area contributed by atoms with Crippen molar-refractivity contribution in [3.8, 4) is 0 Å². The maximum absolute atomic E-state index is 11.7. The molecule has 0 amide bonds. The first-order chi connectivity index (χ1) is 5.97. The summed E-state index contributed by atoms with van der Waals surface area (Å²) in [6, 6.07) is 0. The van der Waals surface area contributed by atoms with E-state index in [1.54, 1.807) is 0 Å². The molecule has 1 fully saturated rings. The molecule has 0 unspecified atom stereocenters. The fourth-order valence-corrected chi connectivity index (χ4v) is 2.04. The van der Waals surface area contributed by atoms with Gasteiger partial charge >= 0.3 is 0 Å². The Morgan fingerprint density at radius 2 is 2.08 bits per heavy atom. The highest BCUT2D eigenvalue weighted by molar-refractivity contribution is 5.83. The normalized spacial score (nSPS) is 30.6. The Kier molecular flexibility index (Phi) is 3.09. The van der Waals surface area contributed by atoms with Gasteiger partial charge in [-0.05, 0) is 32.6 Å². The number of rotatable bonds is 2. The Morgan fingerprint density at radius 1 is 1.46 bits per heavy atom. The van der Waals surface area contributed by atoms with Crippen LogP contribution in [0.25, 0.3) is 0 Å². The molecule has 1 aliphatic carbocycles. The number of Topliss-reactive ketones (excluding diaryl/α,β-unsaturated/α-hetero) is 1. The summed E-state index contributed by atoms with van der Waals surface area (Å²) in [5.74, 6) is 0.761. The third-order valence-corrected chi connectivity index (χ3v) is 3.05. The summed E-state index contributed by atoms with van der Waals surface area (Å²) < 4.78 is 0. The molecule has 2 atom stereocenters. The minimum atomic E-state index is -0.475. The molecule has 2 N–H and O–H groups in total. The first-order valence-electron chi connectivity index (χ1n) is 4.91. The maximum atomic E-state index is 11.7. The zero-order valence-electron chi connectivity index (χ0n) is 8.63. The van der Waals surface area contributed by atoms with Crippen molar-refractivity contribution in [1.82, 2.24) is 5.48 Å². The molecule has 3 nitrogen and oxygen atoms in total. The van der Waals surface area contributed by atoms with E-state index in [4.69, 9.17) is 5.21 Å². The van der Waals surface area contributed by atoms with E-state index in [1.807, 2.05) is 13.8 Å². The summed E-state index contributed by atoms with van der Waals surface area (Å²) in [5.41, 5.74) is 1.76. The van der Waals surface area contributed by atoms with Crippen LogP contribution in [0.1, 0.15) is 40.0 Å². The minimum Gasteiger partial charge on any atom is -0.316 e. The Hall–Kier alpha value is -0.410. The molecule has 0 radical (unpaired) electrons. The molecular formula is C10H19NO2. The van der Waals surface area contributed by atoms with Crippen molar-refractivity contribution in [3.63, 3.8) is 0 Å². The zero-order chi connectivity index (χ0) is 10.1. The van der Waals surface area contributed by atoms with Crippen molar-refractivity contribution >= 4 is 5.78 Å². The molecule has 0 heterocycles. The van der Waals surface area contributed by atoms with E-state index in [2.05, 4.69) is 12.4 Å². The number of carbonyl (C=O) groups is 1. The molecule has 0 bridgehead atoms. The smallest absolute Gasteiger partial charge is 0.138 e. The fourth-order valence-electron chi connectivity index (χ4n) is 2.04. The predicted octanol–water partition coefficient (Wildman–Crippen LogP) is 1.75. The SMILES string of the molecule is C[C@@H]1CC[C@@H](C(C)(C)NO)C(=O)C1. The number of hydroxylamine groups is 1. The van der Waals surface area contributed by atoms with Crippen LogP contribution in [0.15, 0.2) is 0 Å². The van der Waals surface area contributed by atoms with E-state index in [0.29, 0.717) is 12.3 Å². The molecule has 0 saturated heterocycles. The number of nitrogens with one attached hydrogen (secondary N) is 1. The maximum Gasteiger partial charge on any atom is 0.138 e. The van der Waals surface area contributed by atoms with Crippen molar-refractivity contribution < 1.29 is 10.0 Å². The third kappa shape index (κ3) is 2.29.